The highest BCUT2D eigenvalue weighted by Crippen LogP contribution is 2.18. The van der Waals surface area contributed by atoms with Gasteiger partial charge in [-0.2, -0.15) is 0 Å². The van der Waals surface area contributed by atoms with Gasteiger partial charge in [-0.15, -0.1) is 4.68 Å². The fourth-order valence-electron chi connectivity index (χ4n) is 2.10. The van der Waals surface area contributed by atoms with Gasteiger partial charge in [0, 0.05) is 25.8 Å². The molecule has 0 unspecified atom stereocenters. The van der Waals surface area contributed by atoms with Crippen LogP contribution in [0.3, 0.4) is 0 Å². The number of aromatic nitrogens is 2. The highest BCUT2D eigenvalue weighted by atomic mass is 19.1. The molecule has 0 aliphatic carbocycles. The first kappa shape index (κ1) is 16.5. The molecular formula is C14H17FN4O4. The predicted molar refractivity (Wildman–Crippen MR) is 82.1 cm³/mol. The average Bonchev–Trinajstić information content (AvgIpc) is 2.76. The molecule has 23 heavy (non-hydrogen) atoms. The van der Waals surface area contributed by atoms with Gasteiger partial charge in [-0.25, -0.2) is 18.8 Å². The summed E-state index contributed by atoms with van der Waals surface area (Å²) in [6.45, 7) is 3.43. The molecule has 2 aromatic rings. The minimum atomic E-state index is -0.976. The predicted octanol–water partition coefficient (Wildman–Crippen LogP) is 0.823. The molecule has 0 atom stereocenters. The van der Waals surface area contributed by atoms with Crippen LogP contribution in [0, 0.1) is 5.82 Å². The molecule has 1 aromatic carbocycles. The second-order valence-corrected chi connectivity index (χ2v) is 5.32. The monoisotopic (exact) mass is 324 g/mol. The Morgan fingerprint density at radius 3 is 2.17 bits per heavy atom. The van der Waals surface area contributed by atoms with E-state index in [-0.39, 0.29) is 6.04 Å². The molecule has 9 heteroatoms. The standard InChI is InChI=1S/C14H17FN4O4/c1-9(2)17(11-7-5-10(15)6-8-11)12(20)19-13(21)18(16(3)4)14(22)23-19/h5-9H,1-4H3. The van der Waals surface area contributed by atoms with Crippen LogP contribution in [0.2, 0.25) is 0 Å². The molecule has 0 bridgehead atoms. The van der Waals surface area contributed by atoms with Crippen LogP contribution in [0.25, 0.3) is 0 Å². The van der Waals surface area contributed by atoms with Crippen molar-refractivity contribution in [3.8, 4) is 0 Å². The number of rotatable bonds is 3. The summed E-state index contributed by atoms with van der Waals surface area (Å²) in [5.41, 5.74) is -0.545. The van der Waals surface area contributed by atoms with Crippen LogP contribution >= 0.6 is 0 Å². The number of carbonyl (C=O) groups excluding carboxylic acids is 1. The van der Waals surface area contributed by atoms with E-state index in [0.717, 1.165) is 0 Å². The average molecular weight is 324 g/mol. The Morgan fingerprint density at radius 1 is 1.17 bits per heavy atom. The zero-order chi connectivity index (χ0) is 17.3. The summed E-state index contributed by atoms with van der Waals surface area (Å²) < 4.78 is 18.9. The molecule has 0 saturated heterocycles. The van der Waals surface area contributed by atoms with Crippen LogP contribution in [0.4, 0.5) is 14.9 Å². The van der Waals surface area contributed by atoms with E-state index in [1.807, 2.05) is 0 Å². The van der Waals surface area contributed by atoms with Crippen LogP contribution in [0.5, 0.6) is 0 Å². The molecule has 0 aliphatic heterocycles. The third-order valence-electron chi connectivity index (χ3n) is 3.10. The second kappa shape index (κ2) is 6.11. The van der Waals surface area contributed by atoms with Crippen molar-refractivity contribution in [1.82, 2.24) is 9.42 Å². The fourth-order valence-corrected chi connectivity index (χ4v) is 2.10. The summed E-state index contributed by atoms with van der Waals surface area (Å²) in [4.78, 5) is 37.7. The highest BCUT2D eigenvalue weighted by Gasteiger charge is 2.27. The molecule has 124 valence electrons. The maximum absolute atomic E-state index is 13.1. The molecule has 1 heterocycles. The maximum Gasteiger partial charge on any atom is 0.462 e. The first-order valence-corrected chi connectivity index (χ1v) is 6.86. The van der Waals surface area contributed by atoms with Crippen molar-refractivity contribution in [3.63, 3.8) is 0 Å². The van der Waals surface area contributed by atoms with E-state index in [2.05, 4.69) is 0 Å². The molecule has 1 aromatic heterocycles. The lowest BCUT2D eigenvalue weighted by molar-refractivity contribution is 0.208. The largest absolute Gasteiger partial charge is 0.462 e. The van der Waals surface area contributed by atoms with Gasteiger partial charge in [0.1, 0.15) is 5.82 Å². The van der Waals surface area contributed by atoms with Gasteiger partial charge in [0.05, 0.1) is 0 Å². The summed E-state index contributed by atoms with van der Waals surface area (Å²) in [5.74, 6) is -1.43. The fraction of sp³-hybridized carbons (Fsp3) is 0.357. The lowest BCUT2D eigenvalue weighted by Crippen LogP contribution is -2.47. The quantitative estimate of drug-likeness (QED) is 0.835. The van der Waals surface area contributed by atoms with Crippen molar-refractivity contribution < 1.29 is 13.7 Å². The molecular weight excluding hydrogens is 307 g/mol. The molecule has 0 radical (unpaired) electrons. The third kappa shape index (κ3) is 3.03. The van der Waals surface area contributed by atoms with Gasteiger partial charge in [0.2, 0.25) is 0 Å². The Morgan fingerprint density at radius 2 is 1.74 bits per heavy atom. The van der Waals surface area contributed by atoms with Crippen LogP contribution in [0.1, 0.15) is 13.8 Å². The summed E-state index contributed by atoms with van der Waals surface area (Å²) >= 11 is 0. The van der Waals surface area contributed by atoms with Crippen molar-refractivity contribution in [3.05, 3.63) is 51.1 Å². The zero-order valence-electron chi connectivity index (χ0n) is 13.2. The summed E-state index contributed by atoms with van der Waals surface area (Å²) in [6.07, 6.45) is 0. The highest BCUT2D eigenvalue weighted by molar-refractivity contribution is 5.93. The van der Waals surface area contributed by atoms with E-state index in [1.54, 1.807) is 13.8 Å². The van der Waals surface area contributed by atoms with Crippen LogP contribution in [-0.2, 0) is 0 Å². The first-order chi connectivity index (χ1) is 10.7. The van der Waals surface area contributed by atoms with Gasteiger partial charge < -0.3 is 9.53 Å². The minimum Gasteiger partial charge on any atom is -0.309 e. The molecule has 0 spiro atoms. The van der Waals surface area contributed by atoms with E-state index in [0.29, 0.717) is 15.1 Å². The summed E-state index contributed by atoms with van der Waals surface area (Å²) in [6, 6.07) is 4.00. The molecule has 0 saturated carbocycles. The van der Waals surface area contributed by atoms with Crippen LogP contribution in [0.15, 0.2) is 38.4 Å². The Kier molecular flexibility index (Phi) is 4.39. The molecule has 1 amide bonds. The molecule has 0 N–H and O–H groups in total. The van der Waals surface area contributed by atoms with Crippen molar-refractivity contribution in [2.75, 3.05) is 24.0 Å². The number of hydrogen-bond acceptors (Lipinski definition) is 5. The van der Waals surface area contributed by atoms with E-state index >= 15 is 0 Å². The van der Waals surface area contributed by atoms with Crippen molar-refractivity contribution >= 4 is 11.7 Å². The van der Waals surface area contributed by atoms with E-state index in [9.17, 15) is 18.8 Å². The van der Waals surface area contributed by atoms with Gasteiger partial charge in [-0.3, -0.25) is 4.90 Å². The maximum atomic E-state index is 13.1. The Hall–Kier alpha value is -2.84. The lowest BCUT2D eigenvalue weighted by atomic mass is 10.2. The Balaban J connectivity index is 2.52. The smallest absolute Gasteiger partial charge is 0.309 e. The Labute approximate surface area is 130 Å². The molecule has 0 fully saturated rings. The van der Waals surface area contributed by atoms with E-state index < -0.39 is 23.3 Å². The van der Waals surface area contributed by atoms with Gasteiger partial charge in [-0.05, 0) is 38.1 Å². The first-order valence-electron chi connectivity index (χ1n) is 6.86. The number of nitrogens with zero attached hydrogens (tertiary/aromatic N) is 4. The molecule has 8 nitrogen and oxygen atoms in total. The summed E-state index contributed by atoms with van der Waals surface area (Å²) in [5, 5.41) is 1.20. The van der Waals surface area contributed by atoms with Crippen molar-refractivity contribution in [2.24, 2.45) is 0 Å². The SMILES string of the molecule is CC(C)N(C(=O)n1oc(=O)n(N(C)C)c1=O)c1ccc(F)cc1. The minimum absolute atomic E-state index is 0.354. The van der Waals surface area contributed by atoms with Gasteiger partial charge >= 0.3 is 17.5 Å². The number of amides is 1. The number of halogens is 1. The number of carbonyl (C=O) groups is 1. The number of benzene rings is 1. The van der Waals surface area contributed by atoms with E-state index in [1.165, 1.54) is 48.3 Å². The normalized spacial score (nSPS) is 10.9. The molecule has 0 aliphatic rings. The van der Waals surface area contributed by atoms with Crippen LogP contribution in [-0.4, -0.2) is 35.6 Å². The third-order valence-corrected chi connectivity index (χ3v) is 3.10. The van der Waals surface area contributed by atoms with Gasteiger partial charge in [-0.1, -0.05) is 4.74 Å². The van der Waals surface area contributed by atoms with Gasteiger partial charge in [0.25, 0.3) is 0 Å². The second-order valence-electron chi connectivity index (χ2n) is 5.32. The van der Waals surface area contributed by atoms with Crippen molar-refractivity contribution in [2.45, 2.75) is 19.9 Å². The lowest BCUT2D eigenvalue weighted by Gasteiger charge is -2.25. The zero-order valence-corrected chi connectivity index (χ0v) is 13.2. The van der Waals surface area contributed by atoms with E-state index in [4.69, 9.17) is 4.52 Å². The summed E-state index contributed by atoms with van der Waals surface area (Å²) in [7, 11) is 2.93. The number of anilines is 1. The van der Waals surface area contributed by atoms with Crippen LogP contribution < -0.4 is 21.4 Å². The topological polar surface area (TPSA) is 80.7 Å². The molecule has 2 rings (SSSR count). The number of hydrogen-bond donors (Lipinski definition) is 0. The van der Waals surface area contributed by atoms with Crippen molar-refractivity contribution in [1.29, 1.82) is 0 Å². The Bertz CT molecular complexity index is 817. The van der Waals surface area contributed by atoms with Gasteiger partial charge in [0.15, 0.2) is 0 Å².